The van der Waals surface area contributed by atoms with E-state index < -0.39 is 10.0 Å². The van der Waals surface area contributed by atoms with E-state index in [0.717, 1.165) is 6.42 Å². The van der Waals surface area contributed by atoms with E-state index in [2.05, 4.69) is 6.92 Å². The summed E-state index contributed by atoms with van der Waals surface area (Å²) >= 11 is 0. The minimum Gasteiger partial charge on any atom is -0.212 e. The second kappa shape index (κ2) is 4.65. The van der Waals surface area contributed by atoms with Gasteiger partial charge in [0.1, 0.15) is 0 Å². The van der Waals surface area contributed by atoms with Crippen molar-refractivity contribution >= 4 is 10.0 Å². The summed E-state index contributed by atoms with van der Waals surface area (Å²) in [7, 11) is -2.87. The summed E-state index contributed by atoms with van der Waals surface area (Å²) in [6.07, 6.45) is 0.818. The molecule has 1 unspecified atom stereocenters. The van der Waals surface area contributed by atoms with E-state index in [1.54, 1.807) is 4.31 Å². The molecular formula is C7H15NO2SV. The van der Waals surface area contributed by atoms with Crippen LogP contribution in [0.5, 0.6) is 0 Å². The van der Waals surface area contributed by atoms with Crippen LogP contribution in [0.2, 0.25) is 0 Å². The zero-order chi connectivity index (χ0) is 8.48. The molecule has 1 aliphatic heterocycles. The van der Waals surface area contributed by atoms with Crippen LogP contribution in [-0.2, 0) is 28.6 Å². The van der Waals surface area contributed by atoms with Crippen LogP contribution in [0.15, 0.2) is 0 Å². The van der Waals surface area contributed by atoms with Gasteiger partial charge in [0.05, 0.1) is 5.75 Å². The van der Waals surface area contributed by atoms with Gasteiger partial charge in [0, 0.05) is 31.6 Å². The molecule has 0 aromatic heterocycles. The van der Waals surface area contributed by atoms with E-state index in [4.69, 9.17) is 0 Å². The summed E-state index contributed by atoms with van der Waals surface area (Å²) in [6, 6.07) is 0. The average molecular weight is 228 g/mol. The standard InChI is InChI=1S/C7H15NO2S.V/c1-3-8-6-7(2)4-5-11(8,9)10;/h7H,3-6H2,1-2H3;. The monoisotopic (exact) mass is 228 g/mol. The van der Waals surface area contributed by atoms with Gasteiger partial charge in [0.2, 0.25) is 10.0 Å². The second-order valence-electron chi connectivity index (χ2n) is 3.16. The van der Waals surface area contributed by atoms with Crippen LogP contribution in [-0.4, -0.2) is 31.6 Å². The van der Waals surface area contributed by atoms with Crippen molar-refractivity contribution in [2.24, 2.45) is 5.92 Å². The number of rotatable bonds is 1. The Hall–Kier alpha value is 0.494. The molecule has 0 aromatic rings. The summed E-state index contributed by atoms with van der Waals surface area (Å²) < 4.78 is 24.1. The van der Waals surface area contributed by atoms with Gasteiger partial charge in [-0.3, -0.25) is 0 Å². The molecule has 1 aliphatic rings. The molecule has 0 aliphatic carbocycles. The maximum atomic E-state index is 11.3. The summed E-state index contributed by atoms with van der Waals surface area (Å²) in [5.74, 6) is 0.862. The molecular weight excluding hydrogens is 213 g/mol. The summed E-state index contributed by atoms with van der Waals surface area (Å²) in [5, 5.41) is 0. The van der Waals surface area contributed by atoms with Gasteiger partial charge in [-0.15, -0.1) is 0 Å². The Morgan fingerprint density at radius 3 is 2.50 bits per heavy atom. The van der Waals surface area contributed by atoms with Crippen molar-refractivity contribution in [2.45, 2.75) is 20.3 Å². The topological polar surface area (TPSA) is 37.4 Å². The number of nitrogens with zero attached hydrogens (tertiary/aromatic N) is 1. The minimum atomic E-state index is -2.87. The maximum Gasteiger partial charge on any atom is 0.214 e. The Balaban J connectivity index is 0.00000121. The van der Waals surface area contributed by atoms with Crippen LogP contribution in [0, 0.1) is 5.92 Å². The fourth-order valence-electron chi connectivity index (χ4n) is 1.36. The largest absolute Gasteiger partial charge is 0.214 e. The van der Waals surface area contributed by atoms with Gasteiger partial charge in [0.25, 0.3) is 0 Å². The molecule has 1 fully saturated rings. The SMILES string of the molecule is CCN1CC(C)CCS1(=O)=O.[V]. The first-order valence-corrected chi connectivity index (χ1v) is 5.65. The van der Waals surface area contributed by atoms with Crippen LogP contribution in [0.25, 0.3) is 0 Å². The van der Waals surface area contributed by atoms with Gasteiger partial charge >= 0.3 is 0 Å². The maximum absolute atomic E-state index is 11.3. The third-order valence-electron chi connectivity index (χ3n) is 2.13. The summed E-state index contributed by atoms with van der Waals surface area (Å²) in [6.45, 7) is 5.30. The fraction of sp³-hybridized carbons (Fsp3) is 1.00. The Labute approximate surface area is 86.5 Å². The van der Waals surface area contributed by atoms with Gasteiger partial charge in [-0.25, -0.2) is 12.7 Å². The van der Waals surface area contributed by atoms with Gasteiger partial charge in [-0.05, 0) is 12.3 Å². The summed E-state index contributed by atoms with van der Waals surface area (Å²) in [4.78, 5) is 0. The third-order valence-corrected chi connectivity index (χ3v) is 4.08. The van der Waals surface area contributed by atoms with Crippen molar-refractivity contribution in [3.63, 3.8) is 0 Å². The molecule has 0 amide bonds. The third kappa shape index (κ3) is 2.77. The molecule has 0 aromatic carbocycles. The van der Waals surface area contributed by atoms with E-state index in [0.29, 0.717) is 24.8 Å². The van der Waals surface area contributed by atoms with Crippen molar-refractivity contribution in [3.05, 3.63) is 0 Å². The Morgan fingerprint density at radius 1 is 1.50 bits per heavy atom. The first-order valence-electron chi connectivity index (χ1n) is 4.04. The first kappa shape index (κ1) is 12.5. The van der Waals surface area contributed by atoms with E-state index >= 15 is 0 Å². The first-order chi connectivity index (χ1) is 5.06. The zero-order valence-electron chi connectivity index (χ0n) is 7.52. The predicted octanol–water partition coefficient (Wildman–Crippen LogP) is 0.675. The van der Waals surface area contributed by atoms with Gasteiger partial charge in [-0.1, -0.05) is 13.8 Å². The molecule has 1 atom stereocenters. The average Bonchev–Trinajstić information content (AvgIpc) is 1.94. The van der Waals surface area contributed by atoms with E-state index in [-0.39, 0.29) is 18.6 Å². The minimum absolute atomic E-state index is 0. The van der Waals surface area contributed by atoms with Crippen LogP contribution in [0.1, 0.15) is 20.3 Å². The zero-order valence-corrected chi connectivity index (χ0v) is 9.74. The number of hydrogen-bond donors (Lipinski definition) is 0. The molecule has 1 rings (SSSR count). The molecule has 0 spiro atoms. The van der Waals surface area contributed by atoms with Crippen molar-refractivity contribution < 1.29 is 27.0 Å². The van der Waals surface area contributed by atoms with Crippen molar-refractivity contribution in [3.8, 4) is 0 Å². The molecule has 0 saturated carbocycles. The predicted molar refractivity (Wildman–Crippen MR) is 44.8 cm³/mol. The van der Waals surface area contributed by atoms with Crippen LogP contribution >= 0.6 is 0 Å². The van der Waals surface area contributed by atoms with E-state index in [9.17, 15) is 8.42 Å². The van der Waals surface area contributed by atoms with Gasteiger partial charge in [-0.2, -0.15) is 0 Å². The number of hydrogen-bond acceptors (Lipinski definition) is 2. The number of sulfonamides is 1. The smallest absolute Gasteiger partial charge is 0.212 e. The molecule has 71 valence electrons. The molecule has 0 bridgehead atoms. The van der Waals surface area contributed by atoms with Crippen molar-refractivity contribution in [2.75, 3.05) is 18.8 Å². The Bertz CT molecular complexity index is 228. The molecule has 3 nitrogen and oxygen atoms in total. The van der Waals surface area contributed by atoms with E-state index in [1.807, 2.05) is 6.92 Å². The molecule has 1 saturated heterocycles. The normalized spacial score (nSPS) is 29.3. The quantitative estimate of drug-likeness (QED) is 0.661. The van der Waals surface area contributed by atoms with Crippen LogP contribution in [0.3, 0.4) is 0 Å². The van der Waals surface area contributed by atoms with E-state index in [1.165, 1.54) is 0 Å². The second-order valence-corrected chi connectivity index (χ2v) is 5.25. The van der Waals surface area contributed by atoms with Gasteiger partial charge < -0.3 is 0 Å². The fourth-order valence-corrected chi connectivity index (χ4v) is 3.19. The van der Waals surface area contributed by atoms with Gasteiger partial charge in [0.15, 0.2) is 0 Å². The van der Waals surface area contributed by atoms with Crippen molar-refractivity contribution in [1.82, 2.24) is 4.31 Å². The molecule has 1 heterocycles. The molecule has 1 radical (unpaired) electrons. The van der Waals surface area contributed by atoms with Crippen LogP contribution in [0.4, 0.5) is 0 Å². The summed E-state index contributed by atoms with van der Waals surface area (Å²) in [5.41, 5.74) is 0. The molecule has 5 heteroatoms. The molecule has 0 N–H and O–H groups in total. The van der Waals surface area contributed by atoms with Crippen molar-refractivity contribution in [1.29, 1.82) is 0 Å². The Morgan fingerprint density at radius 2 is 2.08 bits per heavy atom. The van der Waals surface area contributed by atoms with Crippen LogP contribution < -0.4 is 0 Å². The Kier molecular flexibility index (Phi) is 4.84. The molecule has 12 heavy (non-hydrogen) atoms.